The minimum Gasteiger partial charge on any atom is -0.455 e. The summed E-state index contributed by atoms with van der Waals surface area (Å²) in [5.41, 5.74) is 4.56. The molecule has 7 nitrogen and oxygen atoms in total. The number of amides is 1. The quantitative estimate of drug-likeness (QED) is 0.498. The molecule has 0 saturated carbocycles. The Balaban J connectivity index is 1.55. The van der Waals surface area contributed by atoms with Crippen molar-refractivity contribution < 1.29 is 14.3 Å². The largest absolute Gasteiger partial charge is 0.455 e. The molecule has 0 aliphatic heterocycles. The number of ether oxygens (including phenoxy) is 1. The number of esters is 1. The van der Waals surface area contributed by atoms with Crippen molar-refractivity contribution in [1.29, 1.82) is 0 Å². The van der Waals surface area contributed by atoms with Crippen molar-refractivity contribution >= 4 is 28.9 Å². The lowest BCUT2D eigenvalue weighted by atomic mass is 10.2. The molecule has 0 atom stereocenters. The molecule has 0 aliphatic rings. The van der Waals surface area contributed by atoms with E-state index in [2.05, 4.69) is 10.4 Å². The summed E-state index contributed by atoms with van der Waals surface area (Å²) in [5.74, 6) is -0.680. The molecule has 32 heavy (non-hydrogen) atoms. The van der Waals surface area contributed by atoms with Gasteiger partial charge in [-0.05, 0) is 70.2 Å². The molecular formula is C25H30N4O3. The zero-order chi connectivity index (χ0) is 23.1. The number of carbonyl (C=O) groups is 2. The maximum absolute atomic E-state index is 12.8. The number of rotatable bonds is 9. The monoisotopic (exact) mass is 434 g/mol. The van der Waals surface area contributed by atoms with Crippen molar-refractivity contribution in [2.24, 2.45) is 0 Å². The molecule has 0 aliphatic carbocycles. The molecule has 1 aromatic heterocycles. The lowest BCUT2D eigenvalue weighted by molar-refractivity contribution is -0.148. The van der Waals surface area contributed by atoms with Crippen LogP contribution in [0.25, 0.3) is 0 Å². The number of benzene rings is 2. The van der Waals surface area contributed by atoms with Crippen LogP contribution < -0.4 is 10.2 Å². The number of aryl methyl sites for hydroxylation is 3. The number of hydrogen-bond donors (Lipinski definition) is 1. The molecule has 3 rings (SSSR count). The minimum atomic E-state index is -0.419. The summed E-state index contributed by atoms with van der Waals surface area (Å²) < 4.78 is 7.01. The van der Waals surface area contributed by atoms with Crippen LogP contribution in [-0.4, -0.2) is 34.3 Å². The molecule has 0 fully saturated rings. The summed E-state index contributed by atoms with van der Waals surface area (Å²) in [4.78, 5) is 26.6. The summed E-state index contributed by atoms with van der Waals surface area (Å²) in [7, 11) is 0. The van der Waals surface area contributed by atoms with Crippen LogP contribution in [0.5, 0.6) is 0 Å². The van der Waals surface area contributed by atoms with E-state index in [-0.39, 0.29) is 25.0 Å². The summed E-state index contributed by atoms with van der Waals surface area (Å²) >= 11 is 0. The van der Waals surface area contributed by atoms with Gasteiger partial charge in [-0.15, -0.1) is 0 Å². The van der Waals surface area contributed by atoms with E-state index in [4.69, 9.17) is 4.74 Å². The fraction of sp³-hybridized carbons (Fsp3) is 0.320. The second-order valence-electron chi connectivity index (χ2n) is 7.96. The predicted octanol–water partition coefficient (Wildman–Crippen LogP) is 4.62. The lowest BCUT2D eigenvalue weighted by Gasteiger charge is -2.27. The van der Waals surface area contributed by atoms with Gasteiger partial charge in [0.2, 0.25) is 0 Å². The first kappa shape index (κ1) is 23.1. The van der Waals surface area contributed by atoms with E-state index in [9.17, 15) is 9.59 Å². The summed E-state index contributed by atoms with van der Waals surface area (Å²) in [5, 5.41) is 7.65. The summed E-state index contributed by atoms with van der Waals surface area (Å²) in [6.45, 7) is 7.84. The average molecular weight is 435 g/mol. The van der Waals surface area contributed by atoms with Crippen LogP contribution in [0.15, 0.2) is 60.7 Å². The highest BCUT2D eigenvalue weighted by Gasteiger charge is 2.20. The van der Waals surface area contributed by atoms with Gasteiger partial charge >= 0.3 is 5.97 Å². The van der Waals surface area contributed by atoms with Crippen molar-refractivity contribution in [3.05, 3.63) is 72.1 Å². The number of nitrogens with one attached hydrogen (secondary N) is 1. The lowest BCUT2D eigenvalue weighted by Crippen LogP contribution is -2.40. The molecule has 3 aromatic rings. The molecule has 7 heteroatoms. The molecule has 0 saturated heterocycles. The third-order valence-corrected chi connectivity index (χ3v) is 4.98. The third-order valence-electron chi connectivity index (χ3n) is 4.98. The van der Waals surface area contributed by atoms with Crippen LogP contribution in [0, 0.1) is 13.8 Å². The van der Waals surface area contributed by atoms with Crippen LogP contribution >= 0.6 is 0 Å². The molecule has 0 unspecified atom stereocenters. The molecule has 168 valence electrons. The zero-order valence-electron chi connectivity index (χ0n) is 19.0. The molecule has 0 spiro atoms. The highest BCUT2D eigenvalue weighted by Crippen LogP contribution is 2.23. The molecule has 1 N–H and O–H groups in total. The maximum Gasteiger partial charge on any atom is 0.308 e. The Hall–Kier alpha value is -3.61. The highest BCUT2D eigenvalue weighted by molar-refractivity contribution is 5.95. The van der Waals surface area contributed by atoms with Crippen LogP contribution in [0.2, 0.25) is 0 Å². The first-order valence-corrected chi connectivity index (χ1v) is 10.7. The molecule has 2 aromatic carbocycles. The zero-order valence-corrected chi connectivity index (χ0v) is 19.0. The van der Waals surface area contributed by atoms with Gasteiger partial charge in [0.25, 0.3) is 5.91 Å². The van der Waals surface area contributed by atoms with Crippen molar-refractivity contribution in [2.45, 2.75) is 46.7 Å². The first-order chi connectivity index (χ1) is 15.3. The minimum absolute atomic E-state index is 0.0798. The second kappa shape index (κ2) is 10.6. The number of aromatic nitrogens is 2. The van der Waals surface area contributed by atoms with Gasteiger partial charge in [0.05, 0.1) is 18.7 Å². The normalized spacial score (nSPS) is 10.8. The molecule has 1 heterocycles. The number of nitrogens with zero attached hydrogens (tertiary/aromatic N) is 3. The van der Waals surface area contributed by atoms with E-state index >= 15 is 0 Å². The number of anilines is 3. The van der Waals surface area contributed by atoms with Gasteiger partial charge in [0.15, 0.2) is 6.61 Å². The Labute approximate surface area is 189 Å². The van der Waals surface area contributed by atoms with Gasteiger partial charge in [-0.25, -0.2) is 0 Å². The van der Waals surface area contributed by atoms with Gasteiger partial charge in [-0.3, -0.25) is 14.3 Å². The first-order valence-electron chi connectivity index (χ1n) is 10.7. The summed E-state index contributed by atoms with van der Waals surface area (Å²) in [6.07, 6.45) is 0.163. The Morgan fingerprint density at radius 2 is 1.69 bits per heavy atom. The van der Waals surface area contributed by atoms with E-state index in [1.165, 1.54) is 0 Å². The van der Waals surface area contributed by atoms with Crippen molar-refractivity contribution in [1.82, 2.24) is 9.78 Å². The summed E-state index contributed by atoms with van der Waals surface area (Å²) in [6, 6.07) is 19.4. The second-order valence-corrected chi connectivity index (χ2v) is 7.96. The SMILES string of the molecule is Cc1cc(C)n(CCC(=O)OCC(=O)N(c2ccc(Nc3ccccc3)cc2)C(C)C)n1. The van der Waals surface area contributed by atoms with E-state index in [0.29, 0.717) is 6.54 Å². The van der Waals surface area contributed by atoms with E-state index in [1.807, 2.05) is 88.4 Å². The van der Waals surface area contributed by atoms with Crippen molar-refractivity contribution in [3.63, 3.8) is 0 Å². The predicted molar refractivity (Wildman–Crippen MR) is 126 cm³/mol. The van der Waals surface area contributed by atoms with Gasteiger partial charge in [0.1, 0.15) is 0 Å². The fourth-order valence-electron chi connectivity index (χ4n) is 3.51. The van der Waals surface area contributed by atoms with Crippen LogP contribution in [0.3, 0.4) is 0 Å². The van der Waals surface area contributed by atoms with Crippen molar-refractivity contribution in [2.75, 3.05) is 16.8 Å². The van der Waals surface area contributed by atoms with E-state index < -0.39 is 5.97 Å². The number of hydrogen-bond acceptors (Lipinski definition) is 5. The molecule has 0 bridgehead atoms. The molecular weight excluding hydrogens is 404 g/mol. The standard InChI is InChI=1S/C25H30N4O3/c1-18(2)29(23-12-10-22(11-13-23)26-21-8-6-5-7-9-21)24(30)17-32-25(31)14-15-28-20(4)16-19(3)27-28/h5-13,16,18,26H,14-15,17H2,1-4H3. The Kier molecular flexibility index (Phi) is 7.65. The van der Waals surface area contributed by atoms with Crippen LogP contribution in [-0.2, 0) is 20.9 Å². The van der Waals surface area contributed by atoms with Gasteiger partial charge in [0, 0.05) is 28.8 Å². The van der Waals surface area contributed by atoms with Gasteiger partial charge < -0.3 is 15.0 Å². The number of para-hydroxylation sites is 1. The maximum atomic E-state index is 12.8. The molecule has 0 radical (unpaired) electrons. The topological polar surface area (TPSA) is 76.5 Å². The number of carbonyl (C=O) groups excluding carboxylic acids is 2. The third kappa shape index (κ3) is 6.20. The Morgan fingerprint density at radius 3 is 2.28 bits per heavy atom. The highest BCUT2D eigenvalue weighted by atomic mass is 16.5. The smallest absolute Gasteiger partial charge is 0.308 e. The van der Waals surface area contributed by atoms with Gasteiger partial charge in [-0.1, -0.05) is 18.2 Å². The van der Waals surface area contributed by atoms with Crippen molar-refractivity contribution in [3.8, 4) is 0 Å². The Bertz CT molecular complexity index is 1040. The van der Waals surface area contributed by atoms with Crippen LogP contribution in [0.4, 0.5) is 17.1 Å². The van der Waals surface area contributed by atoms with E-state index in [0.717, 1.165) is 28.5 Å². The molecule has 1 amide bonds. The van der Waals surface area contributed by atoms with Crippen LogP contribution in [0.1, 0.15) is 31.7 Å². The van der Waals surface area contributed by atoms with E-state index in [1.54, 1.807) is 9.58 Å². The Morgan fingerprint density at radius 1 is 1.03 bits per heavy atom. The van der Waals surface area contributed by atoms with Gasteiger partial charge in [-0.2, -0.15) is 5.10 Å². The average Bonchev–Trinajstić information content (AvgIpc) is 3.09. The fourth-order valence-corrected chi connectivity index (χ4v) is 3.51.